The van der Waals surface area contributed by atoms with E-state index in [0.29, 0.717) is 19.1 Å². The third kappa shape index (κ3) is 3.19. The van der Waals surface area contributed by atoms with Gasteiger partial charge in [0.2, 0.25) is 5.89 Å². The van der Waals surface area contributed by atoms with Gasteiger partial charge < -0.3 is 9.15 Å². The van der Waals surface area contributed by atoms with Crippen LogP contribution >= 0.6 is 0 Å². The first kappa shape index (κ1) is 16.2. The normalized spacial score (nSPS) is 19.7. The molecule has 0 aromatic carbocycles. The Morgan fingerprint density at radius 1 is 1.35 bits per heavy atom. The maximum Gasteiger partial charge on any atom is 0.208 e. The highest BCUT2D eigenvalue weighted by Crippen LogP contribution is 2.30. The van der Waals surface area contributed by atoms with Crippen LogP contribution in [0, 0.1) is 13.8 Å². The molecule has 1 aliphatic rings. The Bertz CT molecular complexity index is 674. The van der Waals surface area contributed by atoms with E-state index in [0.717, 1.165) is 30.5 Å². The zero-order valence-electron chi connectivity index (χ0n) is 14.7. The second-order valence-electron chi connectivity index (χ2n) is 6.58. The summed E-state index contributed by atoms with van der Waals surface area (Å²) in [6.07, 6.45) is 1.84. The molecule has 23 heavy (non-hydrogen) atoms. The molecule has 3 heterocycles. The molecule has 0 N–H and O–H groups in total. The summed E-state index contributed by atoms with van der Waals surface area (Å²) in [5, 5.41) is 4.55. The molecular weight excluding hydrogens is 292 g/mol. The van der Waals surface area contributed by atoms with Gasteiger partial charge in [0.05, 0.1) is 37.7 Å². The molecule has 2 aromatic heterocycles. The average molecular weight is 318 g/mol. The van der Waals surface area contributed by atoms with Gasteiger partial charge in [-0.1, -0.05) is 13.8 Å². The van der Waals surface area contributed by atoms with E-state index in [-0.39, 0.29) is 6.04 Å². The van der Waals surface area contributed by atoms with Crippen LogP contribution in [0.4, 0.5) is 0 Å². The molecule has 0 unspecified atom stereocenters. The van der Waals surface area contributed by atoms with Gasteiger partial charge in [0.1, 0.15) is 5.76 Å². The lowest BCUT2D eigenvalue weighted by atomic mass is 10.0. The second-order valence-corrected chi connectivity index (χ2v) is 6.58. The van der Waals surface area contributed by atoms with Crippen LogP contribution in [0.15, 0.2) is 10.6 Å². The minimum atomic E-state index is 0.201. The standard InChI is InChI=1S/C17H26N4O2/c1-11(2)15-8-18-16(23-15)9-21-6-7-22-10-14(21)17-12(3)19-20(5)13(17)4/h8,11,14H,6-7,9-10H2,1-5H3/t14-/m1/s1. The Hall–Kier alpha value is -1.66. The zero-order valence-corrected chi connectivity index (χ0v) is 14.7. The van der Waals surface area contributed by atoms with Crippen molar-refractivity contribution >= 4 is 0 Å². The number of morpholine rings is 1. The van der Waals surface area contributed by atoms with Crippen LogP contribution in [0.5, 0.6) is 0 Å². The third-order valence-corrected chi connectivity index (χ3v) is 4.62. The van der Waals surface area contributed by atoms with Gasteiger partial charge in [-0.05, 0) is 13.8 Å². The summed E-state index contributed by atoms with van der Waals surface area (Å²) in [7, 11) is 1.99. The summed E-state index contributed by atoms with van der Waals surface area (Å²) in [5.41, 5.74) is 3.53. The number of hydrogen-bond donors (Lipinski definition) is 0. The summed E-state index contributed by atoms with van der Waals surface area (Å²) >= 11 is 0. The van der Waals surface area contributed by atoms with E-state index >= 15 is 0 Å². The Morgan fingerprint density at radius 2 is 2.13 bits per heavy atom. The highest BCUT2D eigenvalue weighted by Gasteiger charge is 2.30. The van der Waals surface area contributed by atoms with Crippen molar-refractivity contribution in [1.29, 1.82) is 0 Å². The number of oxazole rings is 1. The Labute approximate surface area is 137 Å². The SMILES string of the molecule is Cc1nn(C)c(C)c1[C@H]1COCCN1Cc1ncc(C(C)C)o1. The predicted octanol–water partition coefficient (Wildman–Crippen LogP) is 2.72. The van der Waals surface area contributed by atoms with Gasteiger partial charge in [0, 0.05) is 30.8 Å². The van der Waals surface area contributed by atoms with Crippen LogP contribution in [-0.2, 0) is 18.3 Å². The zero-order chi connectivity index (χ0) is 16.6. The molecule has 6 nitrogen and oxygen atoms in total. The number of ether oxygens (including phenoxy) is 1. The van der Waals surface area contributed by atoms with Crippen molar-refractivity contribution in [2.45, 2.75) is 46.2 Å². The van der Waals surface area contributed by atoms with Crippen molar-refractivity contribution in [1.82, 2.24) is 19.7 Å². The van der Waals surface area contributed by atoms with E-state index < -0.39 is 0 Å². The summed E-state index contributed by atoms with van der Waals surface area (Å²) in [6.45, 7) is 11.4. The highest BCUT2D eigenvalue weighted by molar-refractivity contribution is 5.28. The first-order chi connectivity index (χ1) is 11.0. The minimum Gasteiger partial charge on any atom is -0.444 e. The molecule has 0 saturated carbocycles. The van der Waals surface area contributed by atoms with Gasteiger partial charge in [0.15, 0.2) is 0 Å². The molecule has 0 bridgehead atoms. The largest absolute Gasteiger partial charge is 0.444 e. The average Bonchev–Trinajstić information content (AvgIpc) is 3.06. The number of rotatable bonds is 4. The van der Waals surface area contributed by atoms with Crippen molar-refractivity contribution < 1.29 is 9.15 Å². The fourth-order valence-corrected chi connectivity index (χ4v) is 3.20. The van der Waals surface area contributed by atoms with Crippen molar-refractivity contribution in [2.24, 2.45) is 7.05 Å². The molecular formula is C17H26N4O2. The minimum absolute atomic E-state index is 0.201. The Kier molecular flexibility index (Phi) is 4.55. The monoisotopic (exact) mass is 318 g/mol. The smallest absolute Gasteiger partial charge is 0.208 e. The lowest BCUT2D eigenvalue weighted by molar-refractivity contribution is -0.0167. The summed E-state index contributed by atoms with van der Waals surface area (Å²) < 4.78 is 13.6. The molecule has 1 atom stereocenters. The topological polar surface area (TPSA) is 56.3 Å². The second kappa shape index (κ2) is 6.45. The molecule has 1 fully saturated rings. The maximum absolute atomic E-state index is 5.88. The first-order valence-corrected chi connectivity index (χ1v) is 8.24. The molecule has 2 aromatic rings. The quantitative estimate of drug-likeness (QED) is 0.867. The highest BCUT2D eigenvalue weighted by atomic mass is 16.5. The van der Waals surface area contributed by atoms with E-state index in [1.54, 1.807) is 0 Å². The van der Waals surface area contributed by atoms with Crippen LogP contribution < -0.4 is 0 Å². The maximum atomic E-state index is 5.88. The third-order valence-electron chi connectivity index (χ3n) is 4.62. The molecule has 126 valence electrons. The molecule has 0 spiro atoms. The van der Waals surface area contributed by atoms with Crippen molar-refractivity contribution in [3.63, 3.8) is 0 Å². The van der Waals surface area contributed by atoms with E-state index in [2.05, 4.69) is 42.7 Å². The Balaban J connectivity index is 1.83. The van der Waals surface area contributed by atoms with Crippen LogP contribution in [-0.4, -0.2) is 39.4 Å². The van der Waals surface area contributed by atoms with Gasteiger partial charge in [-0.2, -0.15) is 5.10 Å². The number of aryl methyl sites for hydroxylation is 2. The molecule has 0 radical (unpaired) electrons. The number of hydrogen-bond acceptors (Lipinski definition) is 5. The van der Waals surface area contributed by atoms with Crippen LogP contribution in [0.2, 0.25) is 0 Å². The fraction of sp³-hybridized carbons (Fsp3) is 0.647. The molecule has 0 amide bonds. The lowest BCUT2D eigenvalue weighted by Crippen LogP contribution is -2.39. The number of nitrogens with zero attached hydrogens (tertiary/aromatic N) is 4. The molecule has 1 saturated heterocycles. The summed E-state index contributed by atoms with van der Waals surface area (Å²) in [6, 6.07) is 0.201. The van der Waals surface area contributed by atoms with Gasteiger partial charge in [-0.3, -0.25) is 9.58 Å². The predicted molar refractivity (Wildman–Crippen MR) is 87.2 cm³/mol. The fourth-order valence-electron chi connectivity index (χ4n) is 3.20. The van der Waals surface area contributed by atoms with Gasteiger partial charge in [-0.15, -0.1) is 0 Å². The molecule has 3 rings (SSSR count). The van der Waals surface area contributed by atoms with Crippen LogP contribution in [0.1, 0.15) is 54.4 Å². The van der Waals surface area contributed by atoms with Crippen molar-refractivity contribution in [3.05, 3.63) is 34.8 Å². The Morgan fingerprint density at radius 3 is 2.74 bits per heavy atom. The van der Waals surface area contributed by atoms with E-state index in [1.807, 2.05) is 17.9 Å². The summed E-state index contributed by atoms with van der Waals surface area (Å²) in [5.74, 6) is 2.08. The van der Waals surface area contributed by atoms with E-state index in [1.165, 1.54) is 11.3 Å². The number of aromatic nitrogens is 3. The molecule has 0 aliphatic carbocycles. The van der Waals surface area contributed by atoms with Gasteiger partial charge >= 0.3 is 0 Å². The summed E-state index contributed by atoms with van der Waals surface area (Å²) in [4.78, 5) is 6.83. The van der Waals surface area contributed by atoms with Crippen LogP contribution in [0.3, 0.4) is 0 Å². The van der Waals surface area contributed by atoms with E-state index in [9.17, 15) is 0 Å². The molecule has 1 aliphatic heterocycles. The van der Waals surface area contributed by atoms with Gasteiger partial charge in [-0.25, -0.2) is 4.98 Å². The first-order valence-electron chi connectivity index (χ1n) is 8.24. The van der Waals surface area contributed by atoms with Crippen molar-refractivity contribution in [2.75, 3.05) is 19.8 Å². The van der Waals surface area contributed by atoms with Gasteiger partial charge in [0.25, 0.3) is 0 Å². The lowest BCUT2D eigenvalue weighted by Gasteiger charge is -2.35. The van der Waals surface area contributed by atoms with Crippen LogP contribution in [0.25, 0.3) is 0 Å². The van der Waals surface area contributed by atoms with E-state index in [4.69, 9.17) is 9.15 Å². The van der Waals surface area contributed by atoms with Crippen molar-refractivity contribution in [3.8, 4) is 0 Å². The molecule has 6 heteroatoms.